The zero-order valence-electron chi connectivity index (χ0n) is 17.6. The number of benzene rings is 3. The monoisotopic (exact) mass is 418 g/mol. The van der Waals surface area contributed by atoms with Gasteiger partial charge in [-0.2, -0.15) is 0 Å². The molecule has 0 fully saturated rings. The summed E-state index contributed by atoms with van der Waals surface area (Å²) in [6.45, 7) is 0.863. The minimum Gasteiger partial charge on any atom is -0.350 e. The van der Waals surface area contributed by atoms with E-state index in [0.29, 0.717) is 32.4 Å². The van der Waals surface area contributed by atoms with Crippen molar-refractivity contribution in [3.63, 3.8) is 0 Å². The normalized spacial score (nSPS) is 12.8. The molecule has 6 N–H and O–H groups in total. The first-order chi connectivity index (χ1) is 15.1. The maximum absolute atomic E-state index is 13.0. The second-order valence-electron chi connectivity index (χ2n) is 7.69. The molecule has 3 aromatic carbocycles. The van der Waals surface area contributed by atoms with Gasteiger partial charge in [-0.1, -0.05) is 72.8 Å². The summed E-state index contributed by atoms with van der Waals surface area (Å²) in [4.78, 5) is 25.6. The molecule has 0 aliphatic carbocycles. The molecule has 0 aromatic heterocycles. The maximum atomic E-state index is 13.0. The highest BCUT2D eigenvalue weighted by Crippen LogP contribution is 2.17. The van der Waals surface area contributed by atoms with Crippen LogP contribution >= 0.6 is 0 Å². The van der Waals surface area contributed by atoms with Crippen molar-refractivity contribution < 1.29 is 9.59 Å². The number of hydrogen-bond donors (Lipinski definition) is 4. The fourth-order valence-electron chi connectivity index (χ4n) is 3.47. The highest BCUT2D eigenvalue weighted by atomic mass is 16.2. The second-order valence-corrected chi connectivity index (χ2v) is 7.69. The lowest BCUT2D eigenvalue weighted by Crippen LogP contribution is -2.52. The molecule has 0 radical (unpaired) electrons. The Balaban J connectivity index is 1.73. The Kier molecular flexibility index (Phi) is 8.15. The molecule has 2 amide bonds. The van der Waals surface area contributed by atoms with Crippen LogP contribution in [0.5, 0.6) is 0 Å². The number of rotatable bonds is 10. The minimum atomic E-state index is -0.721. The largest absolute Gasteiger partial charge is 0.350 e. The van der Waals surface area contributed by atoms with Gasteiger partial charge in [-0.25, -0.2) is 0 Å². The van der Waals surface area contributed by atoms with E-state index in [1.54, 1.807) is 0 Å². The van der Waals surface area contributed by atoms with E-state index in [9.17, 15) is 9.59 Å². The molecule has 0 bridgehead atoms. The van der Waals surface area contributed by atoms with Crippen LogP contribution in [0, 0.1) is 0 Å². The molecule has 0 heterocycles. The number of nitrogens with one attached hydrogen (secondary N) is 2. The molecule has 0 aliphatic heterocycles. The molecule has 0 aliphatic rings. The van der Waals surface area contributed by atoms with Crippen molar-refractivity contribution in [1.29, 1.82) is 0 Å². The Hall–Kier alpha value is -3.22. The molecule has 0 saturated carbocycles. The third-order valence-corrected chi connectivity index (χ3v) is 5.25. The number of carbonyl (C=O) groups excluding carboxylic acids is 2. The first-order valence-corrected chi connectivity index (χ1v) is 10.6. The number of carbonyl (C=O) groups is 2. The average Bonchev–Trinajstić information content (AvgIpc) is 2.81. The van der Waals surface area contributed by atoms with E-state index in [0.717, 1.165) is 21.9 Å². The third kappa shape index (κ3) is 6.64. The summed E-state index contributed by atoms with van der Waals surface area (Å²) in [7, 11) is 0. The Labute approximate surface area is 183 Å². The fraction of sp³-hybridized carbons (Fsp3) is 0.280. The molecule has 3 rings (SSSR count). The van der Waals surface area contributed by atoms with E-state index in [4.69, 9.17) is 11.5 Å². The van der Waals surface area contributed by atoms with E-state index in [1.165, 1.54) is 0 Å². The van der Waals surface area contributed by atoms with Gasteiger partial charge in [-0.3, -0.25) is 9.59 Å². The Morgan fingerprint density at radius 1 is 0.839 bits per heavy atom. The van der Waals surface area contributed by atoms with E-state index < -0.39 is 12.1 Å². The van der Waals surface area contributed by atoms with Gasteiger partial charge in [0.1, 0.15) is 6.04 Å². The van der Waals surface area contributed by atoms with Gasteiger partial charge in [0.05, 0.1) is 6.04 Å². The van der Waals surface area contributed by atoms with Gasteiger partial charge in [0.25, 0.3) is 0 Å². The highest BCUT2D eigenvalue weighted by Gasteiger charge is 2.24. The summed E-state index contributed by atoms with van der Waals surface area (Å²) in [5, 5.41) is 7.99. The molecule has 0 saturated heterocycles. The van der Waals surface area contributed by atoms with Crippen LogP contribution in [-0.2, 0) is 22.6 Å². The lowest BCUT2D eigenvalue weighted by molar-refractivity contribution is -0.129. The summed E-state index contributed by atoms with van der Waals surface area (Å²) in [5.74, 6) is -0.578. The number of fused-ring (bicyclic) bond motifs is 1. The van der Waals surface area contributed by atoms with Crippen LogP contribution in [0.25, 0.3) is 10.8 Å². The quantitative estimate of drug-likeness (QED) is 0.405. The van der Waals surface area contributed by atoms with E-state index >= 15 is 0 Å². The van der Waals surface area contributed by atoms with Crippen molar-refractivity contribution in [3.05, 3.63) is 83.9 Å². The van der Waals surface area contributed by atoms with E-state index in [1.807, 2.05) is 72.8 Å². The topological polar surface area (TPSA) is 110 Å². The minimum absolute atomic E-state index is 0.239. The van der Waals surface area contributed by atoms with Crippen LogP contribution in [0.1, 0.15) is 24.0 Å². The third-order valence-electron chi connectivity index (χ3n) is 5.25. The SMILES string of the molecule is NCCC[C@@H](N)C(=O)N[C@H](Cc1ccc2ccccc2c1)C(=O)NCc1ccccc1. The van der Waals surface area contributed by atoms with Crippen LogP contribution in [-0.4, -0.2) is 30.4 Å². The second kappa shape index (κ2) is 11.2. The van der Waals surface area contributed by atoms with Crippen molar-refractivity contribution in [1.82, 2.24) is 10.6 Å². The maximum Gasteiger partial charge on any atom is 0.243 e. The smallest absolute Gasteiger partial charge is 0.243 e. The summed E-state index contributed by atoms with van der Waals surface area (Å²) < 4.78 is 0. The first-order valence-electron chi connectivity index (χ1n) is 10.6. The van der Waals surface area contributed by atoms with Gasteiger partial charge in [0.15, 0.2) is 0 Å². The predicted molar refractivity (Wildman–Crippen MR) is 124 cm³/mol. The van der Waals surface area contributed by atoms with Crippen LogP contribution in [0.4, 0.5) is 0 Å². The molecule has 0 unspecified atom stereocenters. The molecule has 6 heteroatoms. The molecule has 2 atom stereocenters. The summed E-state index contributed by atoms with van der Waals surface area (Å²) >= 11 is 0. The zero-order valence-corrected chi connectivity index (χ0v) is 17.6. The Morgan fingerprint density at radius 2 is 1.55 bits per heavy atom. The van der Waals surface area contributed by atoms with Gasteiger partial charge in [-0.05, 0) is 41.3 Å². The van der Waals surface area contributed by atoms with Gasteiger partial charge in [0, 0.05) is 13.0 Å². The fourth-order valence-corrected chi connectivity index (χ4v) is 3.47. The lowest BCUT2D eigenvalue weighted by Gasteiger charge is -2.21. The lowest BCUT2D eigenvalue weighted by atomic mass is 10.0. The number of nitrogens with two attached hydrogens (primary N) is 2. The van der Waals surface area contributed by atoms with Gasteiger partial charge < -0.3 is 22.1 Å². The van der Waals surface area contributed by atoms with Gasteiger partial charge in [0.2, 0.25) is 11.8 Å². The van der Waals surface area contributed by atoms with Crippen LogP contribution in [0.15, 0.2) is 72.8 Å². The molecule has 6 nitrogen and oxygen atoms in total. The summed E-state index contributed by atoms with van der Waals surface area (Å²) in [6.07, 6.45) is 1.52. The molecular weight excluding hydrogens is 388 g/mol. The van der Waals surface area contributed by atoms with Crippen molar-refractivity contribution >= 4 is 22.6 Å². The summed E-state index contributed by atoms with van der Waals surface area (Å²) in [6, 6.07) is 22.4. The Bertz CT molecular complexity index is 1010. The van der Waals surface area contributed by atoms with E-state index in [-0.39, 0.29) is 11.8 Å². The molecule has 162 valence electrons. The van der Waals surface area contributed by atoms with Crippen LogP contribution in [0.2, 0.25) is 0 Å². The van der Waals surface area contributed by atoms with Crippen LogP contribution < -0.4 is 22.1 Å². The van der Waals surface area contributed by atoms with E-state index in [2.05, 4.69) is 10.6 Å². The van der Waals surface area contributed by atoms with Crippen molar-refractivity contribution in [3.8, 4) is 0 Å². The van der Waals surface area contributed by atoms with Gasteiger partial charge >= 0.3 is 0 Å². The molecule has 3 aromatic rings. The first kappa shape index (κ1) is 22.5. The van der Waals surface area contributed by atoms with Crippen molar-refractivity contribution in [2.24, 2.45) is 11.5 Å². The Morgan fingerprint density at radius 3 is 2.29 bits per heavy atom. The summed E-state index contributed by atoms with van der Waals surface area (Å²) in [5.41, 5.74) is 13.5. The highest BCUT2D eigenvalue weighted by molar-refractivity contribution is 5.90. The van der Waals surface area contributed by atoms with Crippen molar-refractivity contribution in [2.45, 2.75) is 37.9 Å². The molecule has 0 spiro atoms. The predicted octanol–water partition coefficient (Wildman–Crippen LogP) is 2.25. The molecule has 31 heavy (non-hydrogen) atoms. The number of hydrogen-bond acceptors (Lipinski definition) is 4. The van der Waals surface area contributed by atoms with Gasteiger partial charge in [-0.15, -0.1) is 0 Å². The van der Waals surface area contributed by atoms with Crippen LogP contribution in [0.3, 0.4) is 0 Å². The number of amides is 2. The average molecular weight is 419 g/mol. The zero-order chi connectivity index (χ0) is 22.1. The van der Waals surface area contributed by atoms with Crippen molar-refractivity contribution in [2.75, 3.05) is 6.54 Å². The standard InChI is InChI=1S/C25H30N4O2/c26-14-6-11-22(27)24(30)29-23(25(31)28-17-18-7-2-1-3-8-18)16-19-12-13-20-9-4-5-10-21(20)15-19/h1-5,7-10,12-13,15,22-23H,6,11,14,16-17,26-27H2,(H,28,31)(H,29,30)/t22-,23-/m1/s1. The molecular formula is C25H30N4O2.